The first kappa shape index (κ1) is 13.2. The molecule has 0 spiro atoms. The second-order valence-corrected chi connectivity index (χ2v) is 4.28. The van der Waals surface area contributed by atoms with Crippen LogP contribution in [0.2, 0.25) is 0 Å². The first-order chi connectivity index (χ1) is 7.99. The predicted molar refractivity (Wildman–Crippen MR) is 65.5 cm³/mol. The second-order valence-electron chi connectivity index (χ2n) is 4.28. The third-order valence-electron chi connectivity index (χ3n) is 2.03. The molecule has 0 unspecified atom stereocenters. The molecule has 1 heterocycles. The van der Waals surface area contributed by atoms with Gasteiger partial charge in [0.15, 0.2) is 0 Å². The van der Waals surface area contributed by atoms with Gasteiger partial charge in [-0.1, -0.05) is 13.8 Å². The van der Waals surface area contributed by atoms with E-state index in [1.807, 2.05) is 26.8 Å². The van der Waals surface area contributed by atoms with E-state index < -0.39 is 11.8 Å². The number of hydrogen-bond donors (Lipinski definition) is 2. The molecule has 0 radical (unpaired) electrons. The van der Waals surface area contributed by atoms with Crippen LogP contribution in [0.4, 0.5) is 5.82 Å². The lowest BCUT2D eigenvalue weighted by molar-refractivity contribution is -0.136. The number of rotatable bonds is 3. The van der Waals surface area contributed by atoms with E-state index >= 15 is 0 Å². The number of pyridine rings is 1. The first-order valence-electron chi connectivity index (χ1n) is 5.51. The Balaban J connectivity index is 2.51. The van der Waals surface area contributed by atoms with Gasteiger partial charge >= 0.3 is 11.8 Å². The normalized spacial score (nSPS) is 10.1. The van der Waals surface area contributed by atoms with E-state index in [0.717, 1.165) is 5.56 Å². The van der Waals surface area contributed by atoms with Gasteiger partial charge in [-0.2, -0.15) is 0 Å². The van der Waals surface area contributed by atoms with Crippen molar-refractivity contribution in [1.29, 1.82) is 0 Å². The monoisotopic (exact) mass is 235 g/mol. The average molecular weight is 235 g/mol. The van der Waals surface area contributed by atoms with Crippen LogP contribution in [0.15, 0.2) is 18.3 Å². The zero-order valence-corrected chi connectivity index (χ0v) is 10.3. The van der Waals surface area contributed by atoms with Crippen molar-refractivity contribution in [2.75, 3.05) is 11.9 Å². The summed E-state index contributed by atoms with van der Waals surface area (Å²) in [6, 6.07) is 3.52. The number of carbonyl (C=O) groups is 2. The van der Waals surface area contributed by atoms with Gasteiger partial charge in [0.25, 0.3) is 0 Å². The summed E-state index contributed by atoms with van der Waals surface area (Å²) in [5.41, 5.74) is 0.970. The Kier molecular flexibility index (Phi) is 4.63. The lowest BCUT2D eigenvalue weighted by atomic mass is 10.2. The van der Waals surface area contributed by atoms with E-state index in [0.29, 0.717) is 18.3 Å². The van der Waals surface area contributed by atoms with Crippen molar-refractivity contribution in [2.45, 2.75) is 20.8 Å². The van der Waals surface area contributed by atoms with Gasteiger partial charge in [0.1, 0.15) is 5.82 Å². The van der Waals surface area contributed by atoms with E-state index in [1.165, 1.54) is 0 Å². The smallest absolute Gasteiger partial charge is 0.314 e. The molecule has 2 N–H and O–H groups in total. The van der Waals surface area contributed by atoms with Crippen LogP contribution in [-0.2, 0) is 9.59 Å². The molecule has 2 amide bonds. The molecule has 1 aromatic heterocycles. The molecule has 0 aliphatic carbocycles. The molecule has 17 heavy (non-hydrogen) atoms. The van der Waals surface area contributed by atoms with Gasteiger partial charge in [-0.3, -0.25) is 9.59 Å². The zero-order valence-electron chi connectivity index (χ0n) is 10.3. The number of nitrogens with one attached hydrogen (secondary N) is 2. The molecule has 0 aliphatic rings. The van der Waals surface area contributed by atoms with Crippen molar-refractivity contribution in [3.63, 3.8) is 0 Å². The molecule has 1 aromatic rings. The third-order valence-corrected chi connectivity index (χ3v) is 2.03. The van der Waals surface area contributed by atoms with Crippen LogP contribution in [0.3, 0.4) is 0 Å². The number of aryl methyl sites for hydroxylation is 1. The van der Waals surface area contributed by atoms with Gasteiger partial charge in [0.2, 0.25) is 0 Å². The van der Waals surface area contributed by atoms with Gasteiger partial charge < -0.3 is 10.6 Å². The van der Waals surface area contributed by atoms with Crippen LogP contribution in [0.1, 0.15) is 19.4 Å². The molecule has 0 atom stereocenters. The third kappa shape index (κ3) is 4.63. The van der Waals surface area contributed by atoms with Crippen molar-refractivity contribution in [2.24, 2.45) is 5.92 Å². The summed E-state index contributed by atoms with van der Waals surface area (Å²) in [5.74, 6) is -0.635. The van der Waals surface area contributed by atoms with Crippen LogP contribution >= 0.6 is 0 Å². The van der Waals surface area contributed by atoms with E-state index in [-0.39, 0.29) is 0 Å². The maximum Gasteiger partial charge on any atom is 0.314 e. The quantitative estimate of drug-likeness (QED) is 0.771. The highest BCUT2D eigenvalue weighted by atomic mass is 16.2. The number of hydrogen-bond acceptors (Lipinski definition) is 3. The molecule has 0 saturated carbocycles. The summed E-state index contributed by atoms with van der Waals surface area (Å²) in [5, 5.41) is 4.98. The molecule has 5 nitrogen and oxygen atoms in total. The van der Waals surface area contributed by atoms with E-state index in [1.54, 1.807) is 12.3 Å². The van der Waals surface area contributed by atoms with Crippen LogP contribution in [0, 0.1) is 12.8 Å². The Morgan fingerprint density at radius 3 is 2.65 bits per heavy atom. The molecule has 92 valence electrons. The maximum atomic E-state index is 11.5. The van der Waals surface area contributed by atoms with Gasteiger partial charge in [-0.05, 0) is 30.5 Å². The minimum absolute atomic E-state index is 0.309. The molecule has 0 saturated heterocycles. The minimum atomic E-state index is -0.691. The summed E-state index contributed by atoms with van der Waals surface area (Å²) in [4.78, 5) is 26.8. The highest BCUT2D eigenvalue weighted by Gasteiger charge is 2.13. The number of anilines is 1. The molecule has 0 bridgehead atoms. The van der Waals surface area contributed by atoms with Crippen molar-refractivity contribution in [1.82, 2.24) is 10.3 Å². The minimum Gasteiger partial charge on any atom is -0.348 e. The highest BCUT2D eigenvalue weighted by Crippen LogP contribution is 2.04. The number of amides is 2. The van der Waals surface area contributed by atoms with Crippen molar-refractivity contribution >= 4 is 17.6 Å². The van der Waals surface area contributed by atoms with Crippen LogP contribution in [0.5, 0.6) is 0 Å². The van der Waals surface area contributed by atoms with Crippen LogP contribution in [0.25, 0.3) is 0 Å². The predicted octanol–water partition coefficient (Wildman–Crippen LogP) is 1.10. The average Bonchev–Trinajstić information content (AvgIpc) is 2.25. The highest BCUT2D eigenvalue weighted by molar-refractivity contribution is 6.39. The Morgan fingerprint density at radius 1 is 1.35 bits per heavy atom. The Hall–Kier alpha value is -1.91. The fourth-order valence-corrected chi connectivity index (χ4v) is 1.15. The number of carbonyl (C=O) groups excluding carboxylic acids is 2. The molecule has 0 aromatic carbocycles. The van der Waals surface area contributed by atoms with Crippen molar-refractivity contribution in [3.8, 4) is 0 Å². The topological polar surface area (TPSA) is 71.1 Å². The van der Waals surface area contributed by atoms with Gasteiger partial charge in [-0.15, -0.1) is 0 Å². The maximum absolute atomic E-state index is 11.5. The van der Waals surface area contributed by atoms with Crippen molar-refractivity contribution in [3.05, 3.63) is 23.9 Å². The first-order valence-corrected chi connectivity index (χ1v) is 5.51. The van der Waals surface area contributed by atoms with E-state index in [4.69, 9.17) is 0 Å². The molecule has 1 rings (SSSR count). The zero-order chi connectivity index (χ0) is 12.8. The van der Waals surface area contributed by atoms with Gasteiger partial charge in [-0.25, -0.2) is 4.98 Å². The molecule has 0 aliphatic heterocycles. The van der Waals surface area contributed by atoms with Crippen LogP contribution < -0.4 is 10.6 Å². The second kappa shape index (κ2) is 5.98. The lowest BCUT2D eigenvalue weighted by Crippen LogP contribution is -2.37. The van der Waals surface area contributed by atoms with Crippen molar-refractivity contribution < 1.29 is 9.59 Å². The molecular formula is C12H17N3O2. The number of aromatic nitrogens is 1. The lowest BCUT2D eigenvalue weighted by Gasteiger charge is -2.07. The Bertz CT molecular complexity index is 416. The molecule has 0 fully saturated rings. The summed E-state index contributed by atoms with van der Waals surface area (Å²) >= 11 is 0. The Labute approximate surface area is 101 Å². The largest absolute Gasteiger partial charge is 0.348 e. The summed E-state index contributed by atoms with van der Waals surface area (Å²) in [7, 11) is 0. The standard InChI is InChI=1S/C12H17N3O2/c1-8(2)7-14-11(16)12(17)15-10-6-9(3)4-5-13-10/h4-6,8H,7H2,1-3H3,(H,14,16)(H,13,15,17). The number of nitrogens with zero attached hydrogens (tertiary/aromatic N) is 1. The van der Waals surface area contributed by atoms with Gasteiger partial charge in [0, 0.05) is 12.7 Å². The van der Waals surface area contributed by atoms with Gasteiger partial charge in [0.05, 0.1) is 0 Å². The fraction of sp³-hybridized carbons (Fsp3) is 0.417. The summed E-state index contributed by atoms with van der Waals surface area (Å²) in [6.45, 7) is 6.28. The SMILES string of the molecule is Cc1ccnc(NC(=O)C(=O)NCC(C)C)c1. The molecular weight excluding hydrogens is 218 g/mol. The fourth-order valence-electron chi connectivity index (χ4n) is 1.15. The van der Waals surface area contributed by atoms with E-state index in [9.17, 15) is 9.59 Å². The van der Waals surface area contributed by atoms with Crippen LogP contribution in [-0.4, -0.2) is 23.3 Å². The molecule has 5 heteroatoms. The summed E-state index contributed by atoms with van der Waals surface area (Å²) in [6.07, 6.45) is 1.58. The summed E-state index contributed by atoms with van der Waals surface area (Å²) < 4.78 is 0. The van der Waals surface area contributed by atoms with E-state index in [2.05, 4.69) is 15.6 Å². The Morgan fingerprint density at radius 2 is 2.06 bits per heavy atom.